The maximum absolute atomic E-state index is 6.16. The van der Waals surface area contributed by atoms with Crippen molar-refractivity contribution in [1.29, 1.82) is 0 Å². The molecule has 4 rings (SSSR count). The molecule has 4 nitrogen and oxygen atoms in total. The first-order valence-corrected chi connectivity index (χ1v) is 8.35. The highest BCUT2D eigenvalue weighted by molar-refractivity contribution is 5.80. The van der Waals surface area contributed by atoms with Gasteiger partial charge in [-0.3, -0.25) is 4.90 Å². The van der Waals surface area contributed by atoms with E-state index in [0.29, 0.717) is 0 Å². The van der Waals surface area contributed by atoms with Crippen LogP contribution in [0.3, 0.4) is 0 Å². The zero-order valence-corrected chi connectivity index (χ0v) is 13.3. The normalized spacial score (nSPS) is 22.4. The maximum atomic E-state index is 6.16. The summed E-state index contributed by atoms with van der Waals surface area (Å²) in [7, 11) is 2.10. The third kappa shape index (κ3) is 2.67. The van der Waals surface area contributed by atoms with Gasteiger partial charge in [-0.05, 0) is 55.1 Å². The number of nitrogens with zero attached hydrogens (tertiary/aromatic N) is 2. The second kappa shape index (κ2) is 5.69. The van der Waals surface area contributed by atoms with Crippen LogP contribution in [0.25, 0.3) is 10.9 Å². The maximum Gasteiger partial charge on any atom is 0.0833 e. The van der Waals surface area contributed by atoms with Crippen LogP contribution in [0.5, 0.6) is 0 Å². The van der Waals surface area contributed by atoms with E-state index in [-0.39, 0.29) is 5.60 Å². The largest absolute Gasteiger partial charge is 0.372 e. The third-order valence-electron chi connectivity index (χ3n) is 5.20. The van der Waals surface area contributed by atoms with Crippen molar-refractivity contribution in [3.63, 3.8) is 0 Å². The first kappa shape index (κ1) is 14.2. The summed E-state index contributed by atoms with van der Waals surface area (Å²) in [6, 6.07) is 9.05. The zero-order chi connectivity index (χ0) is 15.0. The van der Waals surface area contributed by atoms with Gasteiger partial charge in [0, 0.05) is 38.4 Å². The van der Waals surface area contributed by atoms with Gasteiger partial charge in [-0.25, -0.2) is 0 Å². The molecule has 1 aromatic carbocycles. The number of aromatic nitrogens is 1. The van der Waals surface area contributed by atoms with Gasteiger partial charge in [-0.15, -0.1) is 0 Å². The summed E-state index contributed by atoms with van der Waals surface area (Å²) in [6.07, 6.45) is 4.41. The lowest BCUT2D eigenvalue weighted by Gasteiger charge is -2.45. The molecule has 0 aliphatic carbocycles. The molecule has 2 aromatic rings. The number of ether oxygens (including phenoxy) is 1. The van der Waals surface area contributed by atoms with Gasteiger partial charge >= 0.3 is 0 Å². The summed E-state index contributed by atoms with van der Waals surface area (Å²) in [6.45, 7) is 6.19. The van der Waals surface area contributed by atoms with Crippen molar-refractivity contribution in [1.82, 2.24) is 14.8 Å². The van der Waals surface area contributed by atoms with Crippen molar-refractivity contribution in [2.75, 3.05) is 32.8 Å². The van der Waals surface area contributed by atoms with Crippen LogP contribution in [0.15, 0.2) is 30.5 Å². The van der Waals surface area contributed by atoms with Gasteiger partial charge in [-0.2, -0.15) is 0 Å². The van der Waals surface area contributed by atoms with Crippen LogP contribution in [0.2, 0.25) is 0 Å². The van der Waals surface area contributed by atoms with Gasteiger partial charge in [0.2, 0.25) is 0 Å². The molecule has 0 saturated carbocycles. The molecule has 22 heavy (non-hydrogen) atoms. The van der Waals surface area contributed by atoms with E-state index in [2.05, 4.69) is 52.3 Å². The monoisotopic (exact) mass is 299 g/mol. The van der Waals surface area contributed by atoms with Gasteiger partial charge in [0.1, 0.15) is 0 Å². The topological polar surface area (TPSA) is 29.4 Å². The molecular weight excluding hydrogens is 274 g/mol. The Morgan fingerprint density at radius 3 is 2.95 bits per heavy atom. The van der Waals surface area contributed by atoms with Gasteiger partial charge in [0.25, 0.3) is 0 Å². The van der Waals surface area contributed by atoms with Crippen LogP contribution in [0, 0.1) is 0 Å². The molecule has 1 N–H and O–H groups in total. The molecule has 0 radical (unpaired) electrons. The SMILES string of the molecule is Cn1ccc2cc(CN3CCOC4(CCNCC4)C3)ccc21. The summed E-state index contributed by atoms with van der Waals surface area (Å²) < 4.78 is 8.34. The molecule has 1 spiro atoms. The van der Waals surface area contributed by atoms with Crippen LogP contribution < -0.4 is 5.32 Å². The average Bonchev–Trinajstić information content (AvgIpc) is 2.89. The summed E-state index contributed by atoms with van der Waals surface area (Å²) >= 11 is 0. The predicted octanol–water partition coefficient (Wildman–Crippen LogP) is 2.13. The highest BCUT2D eigenvalue weighted by atomic mass is 16.5. The summed E-state index contributed by atoms with van der Waals surface area (Å²) in [4.78, 5) is 2.57. The summed E-state index contributed by atoms with van der Waals surface area (Å²) in [5, 5.41) is 4.78. The molecule has 1 aromatic heterocycles. The van der Waals surface area contributed by atoms with Crippen LogP contribution >= 0.6 is 0 Å². The fraction of sp³-hybridized carbons (Fsp3) is 0.556. The molecule has 0 bridgehead atoms. The van der Waals surface area contributed by atoms with Crippen molar-refractivity contribution in [2.24, 2.45) is 7.05 Å². The molecule has 2 aliphatic rings. The molecule has 4 heteroatoms. The average molecular weight is 299 g/mol. The van der Waals surface area contributed by atoms with Crippen molar-refractivity contribution < 1.29 is 4.74 Å². The van der Waals surface area contributed by atoms with Crippen LogP contribution in [-0.2, 0) is 18.3 Å². The second-order valence-corrected chi connectivity index (χ2v) is 6.81. The number of aryl methyl sites for hydroxylation is 1. The number of morpholine rings is 1. The summed E-state index contributed by atoms with van der Waals surface area (Å²) in [5.41, 5.74) is 2.81. The number of hydrogen-bond acceptors (Lipinski definition) is 3. The van der Waals surface area contributed by atoms with Gasteiger partial charge < -0.3 is 14.6 Å². The van der Waals surface area contributed by atoms with E-state index in [4.69, 9.17) is 4.74 Å². The minimum absolute atomic E-state index is 0.0976. The van der Waals surface area contributed by atoms with Crippen molar-refractivity contribution in [3.05, 3.63) is 36.0 Å². The van der Waals surface area contributed by atoms with Crippen molar-refractivity contribution in [2.45, 2.75) is 25.0 Å². The smallest absolute Gasteiger partial charge is 0.0833 e. The van der Waals surface area contributed by atoms with E-state index in [1.807, 2.05) is 0 Å². The fourth-order valence-electron chi connectivity index (χ4n) is 3.93. The molecule has 0 unspecified atom stereocenters. The van der Waals surface area contributed by atoms with E-state index >= 15 is 0 Å². The minimum Gasteiger partial charge on any atom is -0.372 e. The van der Waals surface area contributed by atoms with Crippen LogP contribution in [0.4, 0.5) is 0 Å². The molecule has 0 atom stereocenters. The van der Waals surface area contributed by atoms with E-state index in [1.54, 1.807) is 0 Å². The van der Waals surface area contributed by atoms with E-state index in [9.17, 15) is 0 Å². The lowest BCUT2D eigenvalue weighted by Crippen LogP contribution is -2.55. The Balaban J connectivity index is 1.49. The number of hydrogen-bond donors (Lipinski definition) is 1. The van der Waals surface area contributed by atoms with E-state index < -0.39 is 0 Å². The Labute approximate surface area is 132 Å². The van der Waals surface area contributed by atoms with E-state index in [0.717, 1.165) is 52.2 Å². The van der Waals surface area contributed by atoms with Gasteiger partial charge in [0.05, 0.1) is 12.2 Å². The standard InChI is InChI=1S/C18H25N3O/c1-20-9-4-16-12-15(2-3-17(16)20)13-21-10-11-22-18(14-21)5-7-19-8-6-18/h2-4,9,12,19H,5-8,10-11,13-14H2,1H3. The highest BCUT2D eigenvalue weighted by Crippen LogP contribution is 2.28. The number of benzene rings is 1. The first-order chi connectivity index (χ1) is 10.7. The molecule has 0 amide bonds. The second-order valence-electron chi connectivity index (χ2n) is 6.81. The van der Waals surface area contributed by atoms with Gasteiger partial charge in [0.15, 0.2) is 0 Å². The molecule has 118 valence electrons. The minimum atomic E-state index is 0.0976. The van der Waals surface area contributed by atoms with Crippen molar-refractivity contribution in [3.8, 4) is 0 Å². The van der Waals surface area contributed by atoms with Crippen LogP contribution in [-0.4, -0.2) is 47.9 Å². The molecule has 2 fully saturated rings. The zero-order valence-electron chi connectivity index (χ0n) is 13.3. The lowest BCUT2D eigenvalue weighted by molar-refractivity contribution is -0.125. The lowest BCUT2D eigenvalue weighted by atomic mass is 9.90. The Kier molecular flexibility index (Phi) is 3.68. The fourth-order valence-corrected chi connectivity index (χ4v) is 3.93. The molecular formula is C18H25N3O. The number of piperidine rings is 1. The Morgan fingerprint density at radius 2 is 2.09 bits per heavy atom. The highest BCUT2D eigenvalue weighted by Gasteiger charge is 2.37. The number of rotatable bonds is 2. The Hall–Kier alpha value is -1.36. The van der Waals surface area contributed by atoms with Gasteiger partial charge in [-0.1, -0.05) is 6.07 Å². The molecule has 3 heterocycles. The quantitative estimate of drug-likeness (QED) is 0.921. The number of fused-ring (bicyclic) bond motifs is 1. The van der Waals surface area contributed by atoms with Crippen LogP contribution in [0.1, 0.15) is 18.4 Å². The van der Waals surface area contributed by atoms with E-state index in [1.165, 1.54) is 16.5 Å². The summed E-state index contributed by atoms with van der Waals surface area (Å²) in [5.74, 6) is 0. The Bertz CT molecular complexity index is 652. The number of nitrogens with one attached hydrogen (secondary N) is 1. The Morgan fingerprint density at radius 1 is 1.23 bits per heavy atom. The first-order valence-electron chi connectivity index (χ1n) is 8.35. The molecule has 2 saturated heterocycles. The van der Waals surface area contributed by atoms with Crippen molar-refractivity contribution >= 4 is 10.9 Å². The third-order valence-corrected chi connectivity index (χ3v) is 5.20. The molecule has 2 aliphatic heterocycles. The predicted molar refractivity (Wildman–Crippen MR) is 89.0 cm³/mol.